The lowest BCUT2D eigenvalue weighted by Gasteiger charge is -2.13. The van der Waals surface area contributed by atoms with Gasteiger partial charge in [-0.25, -0.2) is 0 Å². The van der Waals surface area contributed by atoms with Gasteiger partial charge >= 0.3 is 7.60 Å². The number of hydrogen-bond donors (Lipinski definition) is 0. The van der Waals surface area contributed by atoms with Crippen LogP contribution in [0.1, 0.15) is 20.8 Å². The molecule has 1 saturated heterocycles. The molecule has 1 rings (SSSR count). The zero-order chi connectivity index (χ0) is 9.19. The SMILES string of the molecule is CCOP(=O)(OCC)[C@H]1O[C@H]1C. The summed E-state index contributed by atoms with van der Waals surface area (Å²) in [6, 6.07) is 0. The van der Waals surface area contributed by atoms with Gasteiger partial charge in [-0.05, 0) is 20.8 Å². The van der Waals surface area contributed by atoms with Gasteiger partial charge in [-0.3, -0.25) is 4.57 Å². The highest BCUT2D eigenvalue weighted by Gasteiger charge is 2.52. The Morgan fingerprint density at radius 1 is 1.33 bits per heavy atom. The first-order chi connectivity index (χ1) is 5.64. The highest BCUT2D eigenvalue weighted by molar-refractivity contribution is 7.54. The monoisotopic (exact) mass is 194 g/mol. The van der Waals surface area contributed by atoms with Crippen molar-refractivity contribution in [2.75, 3.05) is 13.2 Å². The Morgan fingerprint density at radius 3 is 2.00 bits per heavy atom. The van der Waals surface area contributed by atoms with E-state index in [0.717, 1.165) is 0 Å². The van der Waals surface area contributed by atoms with E-state index in [1.807, 2.05) is 6.92 Å². The second kappa shape index (κ2) is 3.88. The molecular formula is C7H15O4P. The predicted octanol–water partition coefficient (Wildman–Crippen LogP) is 2.00. The van der Waals surface area contributed by atoms with Crippen molar-refractivity contribution in [1.29, 1.82) is 0 Å². The Morgan fingerprint density at radius 2 is 1.75 bits per heavy atom. The summed E-state index contributed by atoms with van der Waals surface area (Å²) in [6.07, 6.45) is 0.00827. The molecule has 1 fully saturated rings. The first kappa shape index (κ1) is 10.2. The third kappa shape index (κ3) is 2.07. The Kier molecular flexibility index (Phi) is 3.29. The Balaban J connectivity index is 2.53. The molecule has 0 amide bonds. The van der Waals surface area contributed by atoms with Crippen LogP contribution in [0, 0.1) is 0 Å². The van der Waals surface area contributed by atoms with Crippen LogP contribution in [0.4, 0.5) is 0 Å². The van der Waals surface area contributed by atoms with E-state index in [-0.39, 0.29) is 11.9 Å². The van der Waals surface area contributed by atoms with Gasteiger partial charge in [0.1, 0.15) is 0 Å². The van der Waals surface area contributed by atoms with E-state index < -0.39 is 7.60 Å². The van der Waals surface area contributed by atoms with Gasteiger partial charge in [0.25, 0.3) is 0 Å². The maximum Gasteiger partial charge on any atom is 0.361 e. The van der Waals surface area contributed by atoms with Gasteiger partial charge in [0.15, 0.2) is 5.85 Å². The molecule has 72 valence electrons. The van der Waals surface area contributed by atoms with Gasteiger partial charge in [-0.2, -0.15) is 0 Å². The molecule has 0 radical (unpaired) electrons. The lowest BCUT2D eigenvalue weighted by atomic mass is 10.6. The van der Waals surface area contributed by atoms with Crippen LogP contribution in [0.25, 0.3) is 0 Å². The van der Waals surface area contributed by atoms with Crippen molar-refractivity contribution in [2.24, 2.45) is 0 Å². The molecule has 0 aromatic carbocycles. The van der Waals surface area contributed by atoms with Crippen molar-refractivity contribution in [3.05, 3.63) is 0 Å². The van der Waals surface area contributed by atoms with Gasteiger partial charge in [0, 0.05) is 0 Å². The second-order valence-corrected chi connectivity index (χ2v) is 4.71. The van der Waals surface area contributed by atoms with Crippen molar-refractivity contribution >= 4 is 7.60 Å². The average molecular weight is 194 g/mol. The van der Waals surface area contributed by atoms with E-state index >= 15 is 0 Å². The topological polar surface area (TPSA) is 48.1 Å². The fraction of sp³-hybridized carbons (Fsp3) is 1.00. The van der Waals surface area contributed by atoms with Crippen LogP contribution in [0.5, 0.6) is 0 Å². The molecule has 5 heteroatoms. The Labute approximate surface area is 72.7 Å². The third-order valence-electron chi connectivity index (χ3n) is 1.61. The molecule has 12 heavy (non-hydrogen) atoms. The summed E-state index contributed by atoms with van der Waals surface area (Å²) in [5, 5.41) is 0. The molecule has 1 aliphatic rings. The van der Waals surface area contributed by atoms with Gasteiger partial charge in [-0.1, -0.05) is 0 Å². The Bertz CT molecular complexity index is 184. The van der Waals surface area contributed by atoms with Crippen molar-refractivity contribution in [2.45, 2.75) is 32.7 Å². The molecule has 0 aliphatic carbocycles. The van der Waals surface area contributed by atoms with Crippen LogP contribution in [-0.2, 0) is 18.3 Å². The standard InChI is InChI=1S/C7H15O4P/c1-4-9-12(8,10-5-2)7-6(3)11-7/h6-7H,4-5H2,1-3H3/t6-,7+/m0/s1. The minimum Gasteiger partial charge on any atom is -0.356 e. The average Bonchev–Trinajstić information content (AvgIpc) is 2.68. The van der Waals surface area contributed by atoms with Crippen molar-refractivity contribution < 1.29 is 18.3 Å². The first-order valence-corrected chi connectivity index (χ1v) is 5.79. The van der Waals surface area contributed by atoms with Gasteiger partial charge in [0.05, 0.1) is 19.3 Å². The molecule has 4 nitrogen and oxygen atoms in total. The van der Waals surface area contributed by atoms with Crippen molar-refractivity contribution in [1.82, 2.24) is 0 Å². The molecule has 0 N–H and O–H groups in total. The van der Waals surface area contributed by atoms with Crippen LogP contribution < -0.4 is 0 Å². The molecule has 0 aromatic heterocycles. The lowest BCUT2D eigenvalue weighted by molar-refractivity contribution is 0.208. The summed E-state index contributed by atoms with van der Waals surface area (Å²) < 4.78 is 27.0. The van der Waals surface area contributed by atoms with Gasteiger partial charge < -0.3 is 13.8 Å². The minimum absolute atomic E-state index is 0.00827. The van der Waals surface area contributed by atoms with E-state index in [4.69, 9.17) is 13.8 Å². The van der Waals surface area contributed by atoms with Crippen LogP contribution in [-0.4, -0.2) is 25.2 Å². The van der Waals surface area contributed by atoms with E-state index in [0.29, 0.717) is 13.2 Å². The van der Waals surface area contributed by atoms with Crippen molar-refractivity contribution in [3.63, 3.8) is 0 Å². The summed E-state index contributed by atoms with van der Waals surface area (Å²) in [7, 11) is -2.96. The molecule has 0 spiro atoms. The molecular weight excluding hydrogens is 179 g/mol. The molecule has 1 heterocycles. The summed E-state index contributed by atoms with van der Waals surface area (Å²) in [5.74, 6) is -0.336. The van der Waals surface area contributed by atoms with Gasteiger partial charge in [0.2, 0.25) is 0 Å². The quantitative estimate of drug-likeness (QED) is 0.496. The third-order valence-corrected chi connectivity index (χ3v) is 4.01. The number of hydrogen-bond acceptors (Lipinski definition) is 4. The molecule has 0 saturated carbocycles. The van der Waals surface area contributed by atoms with E-state index in [2.05, 4.69) is 0 Å². The normalized spacial score (nSPS) is 28.9. The van der Waals surface area contributed by atoms with Crippen LogP contribution in [0.2, 0.25) is 0 Å². The minimum atomic E-state index is -2.96. The summed E-state index contributed by atoms with van der Waals surface area (Å²) in [6.45, 7) is 6.22. The zero-order valence-electron chi connectivity index (χ0n) is 7.65. The highest BCUT2D eigenvalue weighted by atomic mass is 31.2. The van der Waals surface area contributed by atoms with Gasteiger partial charge in [-0.15, -0.1) is 0 Å². The molecule has 0 bridgehead atoms. The predicted molar refractivity (Wildman–Crippen MR) is 45.2 cm³/mol. The molecule has 0 unspecified atom stereocenters. The van der Waals surface area contributed by atoms with Crippen LogP contribution in [0.15, 0.2) is 0 Å². The molecule has 1 aliphatic heterocycles. The number of epoxide rings is 1. The fourth-order valence-electron chi connectivity index (χ4n) is 1.05. The zero-order valence-corrected chi connectivity index (χ0v) is 8.54. The van der Waals surface area contributed by atoms with E-state index in [9.17, 15) is 4.57 Å². The lowest BCUT2D eigenvalue weighted by Crippen LogP contribution is -2.02. The summed E-state index contributed by atoms with van der Waals surface area (Å²) >= 11 is 0. The maximum absolute atomic E-state index is 11.8. The van der Waals surface area contributed by atoms with E-state index in [1.165, 1.54) is 0 Å². The first-order valence-electron chi connectivity index (χ1n) is 4.18. The largest absolute Gasteiger partial charge is 0.361 e. The molecule has 0 aromatic rings. The second-order valence-electron chi connectivity index (χ2n) is 2.61. The van der Waals surface area contributed by atoms with Crippen LogP contribution in [0.3, 0.4) is 0 Å². The Hall–Kier alpha value is 0.110. The summed E-state index contributed by atoms with van der Waals surface area (Å²) in [4.78, 5) is 0. The summed E-state index contributed by atoms with van der Waals surface area (Å²) in [5.41, 5.74) is 0. The number of rotatable bonds is 5. The van der Waals surface area contributed by atoms with E-state index in [1.54, 1.807) is 13.8 Å². The smallest absolute Gasteiger partial charge is 0.356 e. The van der Waals surface area contributed by atoms with Crippen LogP contribution >= 0.6 is 7.60 Å². The maximum atomic E-state index is 11.8. The fourth-order valence-corrected chi connectivity index (χ4v) is 2.99. The van der Waals surface area contributed by atoms with Crippen molar-refractivity contribution in [3.8, 4) is 0 Å². The highest BCUT2D eigenvalue weighted by Crippen LogP contribution is 2.61. The number of ether oxygens (including phenoxy) is 1. The molecule has 2 atom stereocenters.